The Bertz CT molecular complexity index is 986. The molecule has 0 aromatic heterocycles. The van der Waals surface area contributed by atoms with Crippen LogP contribution in [0.25, 0.3) is 0 Å². The maximum atomic E-state index is 13.3. The number of benzene rings is 1. The Kier molecular flexibility index (Phi) is 13.2. The highest BCUT2D eigenvalue weighted by molar-refractivity contribution is 5.94. The number of rotatable bonds is 16. The number of hydrogen-bond donors (Lipinski definition) is 7. The van der Waals surface area contributed by atoms with E-state index in [-0.39, 0.29) is 31.3 Å². The fourth-order valence-electron chi connectivity index (χ4n) is 4.53. The minimum atomic E-state index is -1.21. The number of carboxylic acids is 1. The van der Waals surface area contributed by atoms with Crippen LogP contribution in [0.15, 0.2) is 35.3 Å². The standard InChI is InChI=1S/C26H42N8O5/c27-13-5-4-10-19(22(35)33-20(25(38)39)11-6-14-31-26(29)30)32-23(36)21-12-7-15-34(21)24(37)18(28)16-17-8-2-1-3-9-17/h1-3,8-9,18-21H,4-7,10-16,27-28H2,(H,32,36)(H,33,35)(H,38,39)(H4,29,30,31). The van der Waals surface area contributed by atoms with Crippen molar-refractivity contribution in [2.45, 2.75) is 75.5 Å². The Hall–Kier alpha value is -3.71. The molecular formula is C26H42N8O5. The highest BCUT2D eigenvalue weighted by Crippen LogP contribution is 2.20. The number of likely N-dealkylation sites (tertiary alicyclic amines) is 1. The molecule has 3 amide bonds. The normalized spacial score (nSPS) is 17.1. The van der Waals surface area contributed by atoms with Gasteiger partial charge in [-0.2, -0.15) is 0 Å². The highest BCUT2D eigenvalue weighted by Gasteiger charge is 2.37. The first-order valence-electron chi connectivity index (χ1n) is 13.3. The van der Waals surface area contributed by atoms with Crippen LogP contribution in [-0.2, 0) is 25.6 Å². The average Bonchev–Trinajstić information content (AvgIpc) is 3.39. The summed E-state index contributed by atoms with van der Waals surface area (Å²) >= 11 is 0. The van der Waals surface area contributed by atoms with Crippen LogP contribution >= 0.6 is 0 Å². The van der Waals surface area contributed by atoms with Gasteiger partial charge < -0.3 is 43.6 Å². The molecule has 13 heteroatoms. The van der Waals surface area contributed by atoms with E-state index in [2.05, 4.69) is 15.6 Å². The first-order valence-corrected chi connectivity index (χ1v) is 13.3. The molecule has 4 unspecified atom stereocenters. The molecule has 0 saturated carbocycles. The molecule has 1 aromatic carbocycles. The smallest absolute Gasteiger partial charge is 0.326 e. The van der Waals surface area contributed by atoms with Gasteiger partial charge in [-0.05, 0) is 63.5 Å². The molecule has 0 spiro atoms. The van der Waals surface area contributed by atoms with Crippen LogP contribution in [-0.4, -0.2) is 83.5 Å². The lowest BCUT2D eigenvalue weighted by Crippen LogP contribution is -2.56. The fraction of sp³-hybridized carbons (Fsp3) is 0.577. The number of unbranched alkanes of at least 4 members (excludes halogenated alkanes) is 1. The summed E-state index contributed by atoms with van der Waals surface area (Å²) in [6.07, 6.45) is 3.29. The van der Waals surface area contributed by atoms with E-state index >= 15 is 0 Å². The molecule has 4 atom stereocenters. The molecular weight excluding hydrogens is 504 g/mol. The van der Waals surface area contributed by atoms with Crippen molar-refractivity contribution in [3.63, 3.8) is 0 Å². The predicted octanol–water partition coefficient (Wildman–Crippen LogP) is -1.22. The Morgan fingerprint density at radius 2 is 1.72 bits per heavy atom. The van der Waals surface area contributed by atoms with E-state index < -0.39 is 42.0 Å². The molecule has 1 aliphatic rings. The Balaban J connectivity index is 2.05. The van der Waals surface area contributed by atoms with Crippen molar-refractivity contribution in [1.82, 2.24) is 15.5 Å². The van der Waals surface area contributed by atoms with Crippen LogP contribution in [0, 0.1) is 0 Å². The van der Waals surface area contributed by atoms with Crippen molar-refractivity contribution in [2.24, 2.45) is 27.9 Å². The van der Waals surface area contributed by atoms with Gasteiger partial charge in [-0.25, -0.2) is 4.79 Å². The second-order valence-electron chi connectivity index (χ2n) is 9.68. The minimum absolute atomic E-state index is 0.103. The lowest BCUT2D eigenvalue weighted by molar-refractivity contribution is -0.143. The third-order valence-electron chi connectivity index (χ3n) is 6.59. The summed E-state index contributed by atoms with van der Waals surface area (Å²) < 4.78 is 0. The van der Waals surface area contributed by atoms with Crippen molar-refractivity contribution in [2.75, 3.05) is 19.6 Å². The SMILES string of the molecule is NCCCCC(NC(=O)C1CCCN1C(=O)C(N)Cc1ccccc1)C(=O)NC(CCCN=C(N)N)C(=O)O. The molecule has 1 aromatic rings. The van der Waals surface area contributed by atoms with Crippen LogP contribution in [0.4, 0.5) is 0 Å². The third-order valence-corrected chi connectivity index (χ3v) is 6.59. The van der Waals surface area contributed by atoms with Crippen molar-refractivity contribution >= 4 is 29.7 Å². The molecule has 0 aliphatic carbocycles. The quantitative estimate of drug-likeness (QED) is 0.0747. The lowest BCUT2D eigenvalue weighted by atomic mass is 10.0. The molecule has 1 fully saturated rings. The molecule has 13 nitrogen and oxygen atoms in total. The minimum Gasteiger partial charge on any atom is -0.480 e. The maximum Gasteiger partial charge on any atom is 0.326 e. The van der Waals surface area contributed by atoms with Gasteiger partial charge in [0.25, 0.3) is 0 Å². The van der Waals surface area contributed by atoms with E-state index in [1.165, 1.54) is 4.90 Å². The fourth-order valence-corrected chi connectivity index (χ4v) is 4.53. The number of guanidine groups is 1. The molecule has 39 heavy (non-hydrogen) atoms. The number of carboxylic acid groups (broad SMARTS) is 1. The van der Waals surface area contributed by atoms with E-state index in [1.807, 2.05) is 30.3 Å². The van der Waals surface area contributed by atoms with Gasteiger partial charge in [0.1, 0.15) is 18.1 Å². The highest BCUT2D eigenvalue weighted by atomic mass is 16.4. The first-order chi connectivity index (χ1) is 18.6. The van der Waals surface area contributed by atoms with E-state index in [9.17, 15) is 24.3 Å². The van der Waals surface area contributed by atoms with Crippen LogP contribution < -0.4 is 33.6 Å². The van der Waals surface area contributed by atoms with Gasteiger partial charge in [-0.1, -0.05) is 30.3 Å². The monoisotopic (exact) mass is 546 g/mol. The molecule has 1 aliphatic heterocycles. The number of carbonyl (C=O) groups is 4. The zero-order valence-electron chi connectivity index (χ0n) is 22.3. The summed E-state index contributed by atoms with van der Waals surface area (Å²) in [7, 11) is 0. The van der Waals surface area contributed by atoms with Crippen LogP contribution in [0.2, 0.25) is 0 Å². The van der Waals surface area contributed by atoms with Crippen molar-refractivity contribution in [3.05, 3.63) is 35.9 Å². The number of amides is 3. The molecule has 2 rings (SSSR count). The number of carbonyl (C=O) groups excluding carboxylic acids is 3. The number of aliphatic carboxylic acids is 1. The zero-order chi connectivity index (χ0) is 28.8. The molecule has 1 saturated heterocycles. The average molecular weight is 547 g/mol. The van der Waals surface area contributed by atoms with Crippen molar-refractivity contribution in [3.8, 4) is 0 Å². The van der Waals surface area contributed by atoms with Gasteiger partial charge in [-0.3, -0.25) is 19.4 Å². The van der Waals surface area contributed by atoms with Crippen molar-refractivity contribution in [1.29, 1.82) is 0 Å². The second kappa shape index (κ2) is 16.3. The Labute approximate surface area is 228 Å². The van der Waals surface area contributed by atoms with Crippen LogP contribution in [0.3, 0.4) is 0 Å². The van der Waals surface area contributed by atoms with Gasteiger partial charge >= 0.3 is 5.97 Å². The summed E-state index contributed by atoms with van der Waals surface area (Å²) in [6.45, 7) is 1.02. The van der Waals surface area contributed by atoms with Gasteiger partial charge in [-0.15, -0.1) is 0 Å². The summed E-state index contributed by atoms with van der Waals surface area (Å²) in [5, 5.41) is 14.8. The van der Waals surface area contributed by atoms with E-state index in [0.717, 1.165) is 5.56 Å². The Morgan fingerprint density at radius 3 is 2.36 bits per heavy atom. The zero-order valence-corrected chi connectivity index (χ0v) is 22.3. The van der Waals surface area contributed by atoms with Gasteiger partial charge in [0.2, 0.25) is 17.7 Å². The molecule has 0 bridgehead atoms. The topological polar surface area (TPSA) is 232 Å². The van der Waals surface area contributed by atoms with E-state index in [1.54, 1.807) is 0 Å². The first kappa shape index (κ1) is 31.5. The van der Waals surface area contributed by atoms with Crippen molar-refractivity contribution < 1.29 is 24.3 Å². The van der Waals surface area contributed by atoms with Gasteiger partial charge in [0, 0.05) is 13.1 Å². The molecule has 11 N–H and O–H groups in total. The summed E-state index contributed by atoms with van der Waals surface area (Å²) in [6, 6.07) is 5.65. The van der Waals surface area contributed by atoms with E-state index in [0.29, 0.717) is 51.6 Å². The Morgan fingerprint density at radius 1 is 1.03 bits per heavy atom. The number of hydrogen-bond acceptors (Lipinski definition) is 7. The maximum absolute atomic E-state index is 13.3. The third kappa shape index (κ3) is 10.5. The second-order valence-corrected chi connectivity index (χ2v) is 9.68. The van der Waals surface area contributed by atoms with E-state index in [4.69, 9.17) is 22.9 Å². The molecule has 0 radical (unpaired) electrons. The molecule has 1 heterocycles. The number of nitrogens with one attached hydrogen (secondary N) is 2. The van der Waals surface area contributed by atoms with Gasteiger partial charge in [0.05, 0.1) is 6.04 Å². The molecule has 216 valence electrons. The number of aliphatic imine (C=N–C) groups is 1. The van der Waals surface area contributed by atoms with Gasteiger partial charge in [0.15, 0.2) is 5.96 Å². The largest absolute Gasteiger partial charge is 0.480 e. The lowest BCUT2D eigenvalue weighted by Gasteiger charge is -2.28. The van der Waals surface area contributed by atoms with Crippen LogP contribution in [0.5, 0.6) is 0 Å². The van der Waals surface area contributed by atoms with Crippen LogP contribution in [0.1, 0.15) is 50.5 Å². The predicted molar refractivity (Wildman–Crippen MR) is 147 cm³/mol. The number of nitrogens with zero attached hydrogens (tertiary/aromatic N) is 2. The summed E-state index contributed by atoms with van der Waals surface area (Å²) in [5.74, 6) is -2.73. The summed E-state index contributed by atoms with van der Waals surface area (Å²) in [5.41, 5.74) is 23.3. The summed E-state index contributed by atoms with van der Waals surface area (Å²) in [4.78, 5) is 56.5. The number of nitrogens with two attached hydrogens (primary N) is 4.